The number of nitrogens with one attached hydrogen (secondary N) is 1. The van der Waals surface area contributed by atoms with Gasteiger partial charge in [0.05, 0.1) is 18.1 Å². The van der Waals surface area contributed by atoms with E-state index in [4.69, 9.17) is 33.1 Å². The van der Waals surface area contributed by atoms with Gasteiger partial charge in [0.1, 0.15) is 9.33 Å². The summed E-state index contributed by atoms with van der Waals surface area (Å²) in [6, 6.07) is 6.09. The van der Waals surface area contributed by atoms with Crippen LogP contribution in [0.25, 0.3) is 10.6 Å². The number of aromatic nitrogens is 2. The number of nitro benzene ring substituents is 1. The second-order valence-electron chi connectivity index (χ2n) is 4.50. The molecule has 0 bridgehead atoms. The van der Waals surface area contributed by atoms with Crippen LogP contribution in [-0.4, -0.2) is 32.7 Å². The SMILES string of the molecule is CCOP(=S)(OCC)SC(=S)Nc1nnc(-c2ccc([N+](=O)[O-])cc2)s1. The third kappa shape index (κ3) is 6.02. The van der Waals surface area contributed by atoms with E-state index in [1.807, 2.05) is 13.8 Å². The van der Waals surface area contributed by atoms with Gasteiger partial charge in [-0.05, 0) is 49.2 Å². The first-order chi connectivity index (χ1) is 12.4. The Hall–Kier alpha value is -1.01. The van der Waals surface area contributed by atoms with Gasteiger partial charge in [-0.25, -0.2) is 0 Å². The van der Waals surface area contributed by atoms with E-state index in [9.17, 15) is 10.1 Å². The van der Waals surface area contributed by atoms with Gasteiger partial charge in [-0.3, -0.25) is 10.1 Å². The molecule has 0 aliphatic carbocycles. The molecule has 0 aliphatic rings. The third-order valence-electron chi connectivity index (χ3n) is 2.73. The Morgan fingerprint density at radius 1 is 1.31 bits per heavy atom. The van der Waals surface area contributed by atoms with Gasteiger partial charge >= 0.3 is 0 Å². The molecule has 0 saturated carbocycles. The number of nitro groups is 1. The molecule has 0 radical (unpaired) electrons. The molecule has 0 amide bonds. The lowest BCUT2D eigenvalue weighted by molar-refractivity contribution is -0.384. The van der Waals surface area contributed by atoms with Gasteiger partial charge in [0.15, 0.2) is 0 Å². The van der Waals surface area contributed by atoms with Crippen molar-refractivity contribution in [1.29, 1.82) is 0 Å². The Labute approximate surface area is 168 Å². The van der Waals surface area contributed by atoms with Crippen molar-refractivity contribution in [2.75, 3.05) is 18.5 Å². The zero-order valence-corrected chi connectivity index (χ0v) is 17.9. The van der Waals surface area contributed by atoms with E-state index >= 15 is 0 Å². The summed E-state index contributed by atoms with van der Waals surface area (Å²) < 4.78 is 11.5. The minimum Gasteiger partial charge on any atom is -0.322 e. The smallest absolute Gasteiger partial charge is 0.269 e. The number of hydrogen-bond acceptors (Lipinski definition) is 10. The van der Waals surface area contributed by atoms with Crippen LogP contribution in [0.15, 0.2) is 24.3 Å². The average molecular weight is 451 g/mol. The lowest BCUT2D eigenvalue weighted by atomic mass is 10.2. The van der Waals surface area contributed by atoms with E-state index < -0.39 is 10.6 Å². The molecule has 0 fully saturated rings. The van der Waals surface area contributed by atoms with Crippen LogP contribution in [0, 0.1) is 10.1 Å². The average Bonchev–Trinajstić information content (AvgIpc) is 3.03. The molecule has 1 N–H and O–H groups in total. The minimum absolute atomic E-state index is 0.0202. The van der Waals surface area contributed by atoms with Gasteiger partial charge in [-0.15, -0.1) is 10.2 Å². The standard InChI is InChI=1S/C13H15N4O4PS4/c1-3-20-22(24,21-4-2)26-13(23)14-12-16-15-11(25-12)9-5-7-10(8-6-9)17(18)19/h5-8H,3-4H2,1-2H3,(H,14,16,23). The fourth-order valence-electron chi connectivity index (χ4n) is 1.73. The van der Waals surface area contributed by atoms with Crippen LogP contribution in [-0.2, 0) is 20.9 Å². The Kier molecular flexibility index (Phi) is 8.02. The third-order valence-corrected chi connectivity index (χ3v) is 9.13. The van der Waals surface area contributed by atoms with E-state index in [1.54, 1.807) is 12.1 Å². The predicted octanol–water partition coefficient (Wildman–Crippen LogP) is 4.84. The van der Waals surface area contributed by atoms with Crippen LogP contribution in [0.2, 0.25) is 0 Å². The van der Waals surface area contributed by atoms with E-state index in [0.717, 1.165) is 5.56 Å². The van der Waals surface area contributed by atoms with Gasteiger partial charge in [0.2, 0.25) is 5.13 Å². The summed E-state index contributed by atoms with van der Waals surface area (Å²) in [5, 5.41) is 22.9. The lowest BCUT2D eigenvalue weighted by Crippen LogP contribution is -2.05. The highest BCUT2D eigenvalue weighted by Gasteiger charge is 2.22. The summed E-state index contributed by atoms with van der Waals surface area (Å²) in [4.78, 5) is 10.3. The predicted molar refractivity (Wildman–Crippen MR) is 113 cm³/mol. The fraction of sp³-hybridized carbons (Fsp3) is 0.308. The molecule has 0 aliphatic heterocycles. The summed E-state index contributed by atoms with van der Waals surface area (Å²) >= 11 is 13.2. The maximum atomic E-state index is 10.7. The van der Waals surface area contributed by atoms with Crippen molar-refractivity contribution in [2.24, 2.45) is 0 Å². The molecule has 2 rings (SSSR count). The zero-order chi connectivity index (χ0) is 19.2. The van der Waals surface area contributed by atoms with Gasteiger partial charge < -0.3 is 14.4 Å². The Morgan fingerprint density at radius 3 is 2.46 bits per heavy atom. The molecule has 8 nitrogen and oxygen atoms in total. The lowest BCUT2D eigenvalue weighted by Gasteiger charge is -2.19. The first-order valence-corrected chi connectivity index (χ1v) is 12.6. The van der Waals surface area contributed by atoms with Crippen molar-refractivity contribution in [3.63, 3.8) is 0 Å². The van der Waals surface area contributed by atoms with E-state index in [1.165, 1.54) is 34.9 Å². The summed E-state index contributed by atoms with van der Waals surface area (Å²) in [6.07, 6.45) is 0. The van der Waals surface area contributed by atoms with Crippen LogP contribution in [0.1, 0.15) is 13.8 Å². The second kappa shape index (κ2) is 9.79. The topological polar surface area (TPSA) is 99.4 Å². The molecule has 0 saturated heterocycles. The zero-order valence-electron chi connectivity index (χ0n) is 13.8. The van der Waals surface area contributed by atoms with Crippen molar-refractivity contribution >= 4 is 67.6 Å². The molecule has 1 heterocycles. The number of hydrogen-bond donors (Lipinski definition) is 1. The normalized spacial score (nSPS) is 11.3. The van der Waals surface area contributed by atoms with Crippen LogP contribution in [0.5, 0.6) is 0 Å². The number of thiocarbonyl (C=S) groups is 1. The molecule has 13 heteroatoms. The monoisotopic (exact) mass is 450 g/mol. The number of nitrogens with zero attached hydrogens (tertiary/aromatic N) is 3. The molecule has 2 aromatic rings. The van der Waals surface area contributed by atoms with Gasteiger partial charge in [-0.1, -0.05) is 23.6 Å². The first kappa shape index (κ1) is 21.3. The molecular formula is C13H15N4O4PS4. The quantitative estimate of drug-likeness (QED) is 0.260. The summed E-state index contributed by atoms with van der Waals surface area (Å²) in [7, 11) is 0. The Bertz CT molecular complexity index is 820. The van der Waals surface area contributed by atoms with Gasteiger partial charge in [0.25, 0.3) is 11.4 Å². The fourth-order valence-corrected chi connectivity index (χ4v) is 8.18. The highest BCUT2D eigenvalue weighted by Crippen LogP contribution is 2.61. The van der Waals surface area contributed by atoms with Gasteiger partial charge in [-0.2, -0.15) is 0 Å². The molecule has 1 aromatic heterocycles. The second-order valence-corrected chi connectivity index (χ2v) is 12.3. The molecule has 26 heavy (non-hydrogen) atoms. The largest absolute Gasteiger partial charge is 0.322 e. The van der Waals surface area contributed by atoms with Crippen LogP contribution in [0.4, 0.5) is 10.8 Å². The summed E-state index contributed by atoms with van der Waals surface area (Å²) in [5.74, 6) is 0. The van der Waals surface area contributed by atoms with Gasteiger partial charge in [0, 0.05) is 17.7 Å². The van der Waals surface area contributed by atoms with Crippen molar-refractivity contribution in [3.8, 4) is 10.6 Å². The number of benzene rings is 1. The van der Waals surface area contributed by atoms with Crippen molar-refractivity contribution in [3.05, 3.63) is 34.4 Å². The molecule has 0 unspecified atom stereocenters. The molecule has 140 valence electrons. The van der Waals surface area contributed by atoms with Crippen LogP contribution < -0.4 is 5.32 Å². The molecule has 1 aromatic carbocycles. The Morgan fingerprint density at radius 2 is 1.92 bits per heavy atom. The summed E-state index contributed by atoms with van der Waals surface area (Å²) in [5.41, 5.74) is -1.79. The van der Waals surface area contributed by atoms with Crippen molar-refractivity contribution < 1.29 is 14.0 Å². The Balaban J connectivity index is 2.04. The number of non-ortho nitro benzene ring substituents is 1. The maximum Gasteiger partial charge on any atom is 0.269 e. The van der Waals surface area contributed by atoms with Crippen LogP contribution in [0.3, 0.4) is 0 Å². The van der Waals surface area contributed by atoms with E-state index in [2.05, 4.69) is 15.5 Å². The van der Waals surface area contributed by atoms with Crippen molar-refractivity contribution in [1.82, 2.24) is 10.2 Å². The van der Waals surface area contributed by atoms with Crippen LogP contribution >= 0.6 is 40.6 Å². The van der Waals surface area contributed by atoms with E-state index in [-0.39, 0.29) is 5.69 Å². The first-order valence-electron chi connectivity index (χ1n) is 7.35. The highest BCUT2D eigenvalue weighted by atomic mass is 32.9. The maximum absolute atomic E-state index is 10.7. The molecule has 0 atom stereocenters. The molecule has 0 spiro atoms. The minimum atomic E-state index is -2.54. The summed E-state index contributed by atoms with van der Waals surface area (Å²) in [6.45, 7) is 4.57. The molecular weight excluding hydrogens is 435 g/mol. The van der Waals surface area contributed by atoms with Crippen molar-refractivity contribution in [2.45, 2.75) is 13.8 Å². The number of rotatable bonds is 8. The van der Waals surface area contributed by atoms with E-state index in [0.29, 0.717) is 27.7 Å². The highest BCUT2D eigenvalue weighted by molar-refractivity contribution is 8.75. The number of anilines is 1.